The molecule has 0 amide bonds. The van der Waals surface area contributed by atoms with Gasteiger partial charge in [0, 0.05) is 25.0 Å². The highest BCUT2D eigenvalue weighted by molar-refractivity contribution is 5.67. The molecular weight excluding hydrogens is 262 g/mol. The van der Waals surface area contributed by atoms with E-state index in [0.717, 1.165) is 25.8 Å². The third-order valence-electron chi connectivity index (χ3n) is 5.30. The van der Waals surface area contributed by atoms with Gasteiger partial charge >= 0.3 is 5.97 Å². The van der Waals surface area contributed by atoms with Crippen LogP contribution in [0.4, 0.5) is 0 Å². The molecule has 2 unspecified atom stereocenters. The molecule has 114 valence electrons. The van der Waals surface area contributed by atoms with Crippen LogP contribution in [-0.4, -0.2) is 28.1 Å². The number of nitrogens with zero attached hydrogens (tertiary/aromatic N) is 1. The summed E-state index contributed by atoms with van der Waals surface area (Å²) in [6, 6.07) is 9.93. The van der Waals surface area contributed by atoms with Gasteiger partial charge in [0.2, 0.25) is 0 Å². The standard InChI is InChI=1S/C18H25NO2/c1-2-14-5-3-4-6-15(14)12-19-16-7-8-17(19)10-13(9-16)11-18(20)21/h3-6,13,16-17H,2,7-12H2,1H3,(H,20,21). The monoisotopic (exact) mass is 287 g/mol. The topological polar surface area (TPSA) is 40.5 Å². The summed E-state index contributed by atoms with van der Waals surface area (Å²) in [4.78, 5) is 13.6. The van der Waals surface area contributed by atoms with E-state index >= 15 is 0 Å². The zero-order valence-electron chi connectivity index (χ0n) is 12.8. The number of rotatable bonds is 5. The first kappa shape index (κ1) is 14.6. The first-order valence-electron chi connectivity index (χ1n) is 8.21. The zero-order chi connectivity index (χ0) is 14.8. The number of carbonyl (C=O) groups is 1. The number of hydrogen-bond donors (Lipinski definition) is 1. The van der Waals surface area contributed by atoms with Crippen LogP contribution >= 0.6 is 0 Å². The fourth-order valence-electron chi connectivity index (χ4n) is 4.31. The van der Waals surface area contributed by atoms with Crippen molar-refractivity contribution >= 4 is 5.97 Å². The molecule has 0 radical (unpaired) electrons. The molecule has 3 nitrogen and oxygen atoms in total. The molecule has 21 heavy (non-hydrogen) atoms. The largest absolute Gasteiger partial charge is 0.481 e. The van der Waals surface area contributed by atoms with Gasteiger partial charge in [0.15, 0.2) is 0 Å². The van der Waals surface area contributed by atoms with Crippen molar-refractivity contribution in [3.05, 3.63) is 35.4 Å². The summed E-state index contributed by atoms with van der Waals surface area (Å²) in [5, 5.41) is 9.01. The van der Waals surface area contributed by atoms with Gasteiger partial charge in [-0.1, -0.05) is 31.2 Å². The van der Waals surface area contributed by atoms with Crippen molar-refractivity contribution < 1.29 is 9.90 Å². The lowest BCUT2D eigenvalue weighted by Crippen LogP contribution is -2.42. The number of piperidine rings is 1. The Bertz CT molecular complexity index is 500. The zero-order valence-corrected chi connectivity index (χ0v) is 12.8. The van der Waals surface area contributed by atoms with Gasteiger partial charge in [-0.15, -0.1) is 0 Å². The SMILES string of the molecule is CCc1ccccc1CN1C2CCC1CC(CC(=O)O)C2. The lowest BCUT2D eigenvalue weighted by Gasteiger charge is -2.39. The molecule has 0 spiro atoms. The van der Waals surface area contributed by atoms with E-state index in [9.17, 15) is 4.79 Å². The molecule has 2 saturated heterocycles. The second kappa shape index (κ2) is 6.18. The first-order chi connectivity index (χ1) is 10.2. The van der Waals surface area contributed by atoms with E-state index in [1.165, 1.54) is 24.0 Å². The van der Waals surface area contributed by atoms with Gasteiger partial charge in [0.05, 0.1) is 0 Å². The fourth-order valence-corrected chi connectivity index (χ4v) is 4.31. The van der Waals surface area contributed by atoms with Gasteiger partial charge < -0.3 is 5.11 Å². The van der Waals surface area contributed by atoms with Gasteiger partial charge in [-0.25, -0.2) is 0 Å². The Morgan fingerprint density at radius 1 is 1.19 bits per heavy atom. The second-order valence-electron chi connectivity index (χ2n) is 6.61. The van der Waals surface area contributed by atoms with Crippen molar-refractivity contribution in [3.8, 4) is 0 Å². The van der Waals surface area contributed by atoms with Crippen molar-refractivity contribution in [1.82, 2.24) is 4.90 Å². The molecule has 2 aliphatic rings. The van der Waals surface area contributed by atoms with Crippen LogP contribution in [-0.2, 0) is 17.8 Å². The van der Waals surface area contributed by atoms with Gasteiger partial charge in [0.25, 0.3) is 0 Å². The minimum Gasteiger partial charge on any atom is -0.481 e. The van der Waals surface area contributed by atoms with E-state index in [1.807, 2.05) is 0 Å². The van der Waals surface area contributed by atoms with Crippen LogP contribution in [0.5, 0.6) is 0 Å². The lowest BCUT2D eigenvalue weighted by molar-refractivity contribution is -0.138. The Labute approximate surface area is 127 Å². The summed E-state index contributed by atoms with van der Waals surface area (Å²) >= 11 is 0. The predicted molar refractivity (Wildman–Crippen MR) is 83.1 cm³/mol. The molecule has 1 aromatic carbocycles. The normalized spacial score (nSPS) is 28.7. The average Bonchev–Trinajstić information content (AvgIpc) is 2.70. The van der Waals surface area contributed by atoms with Crippen LogP contribution in [0.25, 0.3) is 0 Å². The molecule has 3 heteroatoms. The van der Waals surface area contributed by atoms with Crippen LogP contribution in [0.3, 0.4) is 0 Å². The maximum atomic E-state index is 10.9. The van der Waals surface area contributed by atoms with E-state index < -0.39 is 5.97 Å². The molecule has 2 fully saturated rings. The maximum Gasteiger partial charge on any atom is 0.303 e. The van der Waals surface area contributed by atoms with Crippen molar-refractivity contribution in [3.63, 3.8) is 0 Å². The number of aryl methyl sites for hydroxylation is 1. The predicted octanol–water partition coefficient (Wildman–Crippen LogP) is 3.47. The third kappa shape index (κ3) is 3.13. The fraction of sp³-hybridized carbons (Fsp3) is 0.611. The Balaban J connectivity index is 1.69. The summed E-state index contributed by atoms with van der Waals surface area (Å²) in [6.45, 7) is 3.26. The third-order valence-corrected chi connectivity index (χ3v) is 5.30. The van der Waals surface area contributed by atoms with Gasteiger partial charge in [0.1, 0.15) is 0 Å². The van der Waals surface area contributed by atoms with Gasteiger partial charge in [-0.2, -0.15) is 0 Å². The summed E-state index contributed by atoms with van der Waals surface area (Å²) in [5.41, 5.74) is 2.90. The van der Waals surface area contributed by atoms with Crippen molar-refractivity contribution in [1.29, 1.82) is 0 Å². The van der Waals surface area contributed by atoms with Gasteiger partial charge in [-0.3, -0.25) is 9.69 Å². The molecule has 2 aliphatic heterocycles. The minimum atomic E-state index is -0.635. The molecular formula is C18H25NO2. The van der Waals surface area contributed by atoms with E-state index in [0.29, 0.717) is 24.4 Å². The number of carboxylic acids is 1. The summed E-state index contributed by atoms with van der Waals surface area (Å²) in [6.07, 6.45) is 6.06. The molecule has 1 N–H and O–H groups in total. The van der Waals surface area contributed by atoms with Crippen molar-refractivity contribution in [2.75, 3.05) is 0 Å². The summed E-state index contributed by atoms with van der Waals surface area (Å²) < 4.78 is 0. The second-order valence-corrected chi connectivity index (χ2v) is 6.61. The Kier molecular flexibility index (Phi) is 4.29. The molecule has 1 aromatic rings. The summed E-state index contributed by atoms with van der Waals surface area (Å²) in [5.74, 6) is -0.248. The van der Waals surface area contributed by atoms with Crippen LogP contribution in [0, 0.1) is 5.92 Å². The number of carboxylic acid groups (broad SMARTS) is 1. The van der Waals surface area contributed by atoms with E-state index in [-0.39, 0.29) is 0 Å². The van der Waals surface area contributed by atoms with E-state index in [2.05, 4.69) is 36.1 Å². The van der Waals surface area contributed by atoms with Gasteiger partial charge in [-0.05, 0) is 49.1 Å². The number of aliphatic carboxylic acids is 1. The number of fused-ring (bicyclic) bond motifs is 2. The highest BCUT2D eigenvalue weighted by Crippen LogP contribution is 2.40. The smallest absolute Gasteiger partial charge is 0.303 e. The molecule has 2 heterocycles. The number of hydrogen-bond acceptors (Lipinski definition) is 2. The molecule has 3 rings (SSSR count). The highest BCUT2D eigenvalue weighted by Gasteiger charge is 2.40. The number of benzene rings is 1. The van der Waals surface area contributed by atoms with Crippen LogP contribution in [0.1, 0.15) is 50.2 Å². The Hall–Kier alpha value is -1.35. The van der Waals surface area contributed by atoms with E-state index in [1.54, 1.807) is 0 Å². The molecule has 0 saturated carbocycles. The lowest BCUT2D eigenvalue weighted by atomic mass is 9.87. The maximum absolute atomic E-state index is 10.9. The quantitative estimate of drug-likeness (QED) is 0.901. The molecule has 0 aliphatic carbocycles. The van der Waals surface area contributed by atoms with Crippen molar-refractivity contribution in [2.45, 2.75) is 64.1 Å². The average molecular weight is 287 g/mol. The van der Waals surface area contributed by atoms with E-state index in [4.69, 9.17) is 5.11 Å². The first-order valence-corrected chi connectivity index (χ1v) is 8.21. The van der Waals surface area contributed by atoms with Crippen LogP contribution in [0.15, 0.2) is 24.3 Å². The highest BCUT2D eigenvalue weighted by atomic mass is 16.4. The molecule has 0 aromatic heterocycles. The minimum absolute atomic E-state index is 0.354. The van der Waals surface area contributed by atoms with Crippen LogP contribution in [0.2, 0.25) is 0 Å². The molecule has 2 bridgehead atoms. The molecule has 2 atom stereocenters. The Morgan fingerprint density at radius 2 is 1.81 bits per heavy atom. The van der Waals surface area contributed by atoms with Crippen molar-refractivity contribution in [2.24, 2.45) is 5.92 Å². The van der Waals surface area contributed by atoms with Crippen LogP contribution < -0.4 is 0 Å². The Morgan fingerprint density at radius 3 is 2.38 bits per heavy atom. The summed E-state index contributed by atoms with van der Waals surface area (Å²) in [7, 11) is 0.